The van der Waals surface area contributed by atoms with Gasteiger partial charge in [0.15, 0.2) is 0 Å². The lowest BCUT2D eigenvalue weighted by Crippen LogP contribution is -2.46. The molecule has 1 aromatic heterocycles. The summed E-state index contributed by atoms with van der Waals surface area (Å²) in [7, 11) is -3.79. The van der Waals surface area contributed by atoms with Crippen LogP contribution in [0, 0.1) is 17.0 Å². The van der Waals surface area contributed by atoms with Gasteiger partial charge in [0, 0.05) is 57.3 Å². The zero-order valence-corrected chi connectivity index (χ0v) is 18.9. The lowest BCUT2D eigenvalue weighted by atomic mass is 10.2. The number of nitro groups is 1. The molecule has 12 heteroatoms. The van der Waals surface area contributed by atoms with Crippen molar-refractivity contribution in [3.8, 4) is 0 Å². The maximum Gasteiger partial charge on any atom is 0.293 e. The smallest absolute Gasteiger partial charge is 0.293 e. The summed E-state index contributed by atoms with van der Waals surface area (Å²) in [6.45, 7) is 6.64. The molecule has 0 unspecified atom stereocenters. The molecule has 2 aromatic rings. The number of aryl methyl sites for hydroxylation is 1. The van der Waals surface area contributed by atoms with Crippen LogP contribution in [-0.4, -0.2) is 80.0 Å². The number of aromatic nitrogens is 1. The summed E-state index contributed by atoms with van der Waals surface area (Å²) in [5.74, 6) is 0. The number of anilines is 1. The van der Waals surface area contributed by atoms with Gasteiger partial charge in [-0.15, -0.1) is 11.3 Å². The van der Waals surface area contributed by atoms with Crippen LogP contribution in [-0.2, 0) is 21.3 Å². The molecule has 4 rings (SSSR count). The molecule has 0 saturated carbocycles. The number of hydrogen-bond donors (Lipinski definition) is 0. The van der Waals surface area contributed by atoms with Gasteiger partial charge in [-0.2, -0.15) is 4.31 Å². The molecule has 0 amide bonds. The van der Waals surface area contributed by atoms with Gasteiger partial charge in [-0.05, 0) is 19.1 Å². The Morgan fingerprint density at radius 1 is 1.16 bits per heavy atom. The third-order valence-corrected chi connectivity index (χ3v) is 8.23. The minimum atomic E-state index is -3.79. The fourth-order valence-electron chi connectivity index (χ4n) is 3.87. The molecular weight excluding hydrogens is 442 g/mol. The number of morpholine rings is 1. The van der Waals surface area contributed by atoms with Crippen molar-refractivity contribution in [2.45, 2.75) is 18.4 Å². The number of sulfonamides is 1. The fourth-order valence-corrected chi connectivity index (χ4v) is 5.90. The molecule has 3 heterocycles. The van der Waals surface area contributed by atoms with Crippen LogP contribution in [0.2, 0.25) is 0 Å². The molecule has 10 nitrogen and oxygen atoms in total. The summed E-state index contributed by atoms with van der Waals surface area (Å²) in [6, 6.07) is 4.22. The van der Waals surface area contributed by atoms with Crippen molar-refractivity contribution in [3.63, 3.8) is 0 Å². The number of piperazine rings is 1. The van der Waals surface area contributed by atoms with Crippen LogP contribution >= 0.6 is 11.3 Å². The van der Waals surface area contributed by atoms with Crippen molar-refractivity contribution >= 4 is 32.7 Å². The van der Waals surface area contributed by atoms with Gasteiger partial charge in [0.2, 0.25) is 10.0 Å². The molecule has 2 fully saturated rings. The van der Waals surface area contributed by atoms with Gasteiger partial charge >= 0.3 is 0 Å². The predicted octanol–water partition coefficient (Wildman–Crippen LogP) is 1.70. The average molecular weight is 468 g/mol. The van der Waals surface area contributed by atoms with Crippen molar-refractivity contribution in [2.75, 3.05) is 57.4 Å². The second-order valence-electron chi connectivity index (χ2n) is 7.55. The van der Waals surface area contributed by atoms with Gasteiger partial charge in [0.1, 0.15) is 5.69 Å². The molecule has 0 bridgehead atoms. The van der Waals surface area contributed by atoms with E-state index in [1.807, 2.05) is 11.8 Å². The molecule has 2 aliphatic heterocycles. The Labute approximate surface area is 185 Å². The minimum absolute atomic E-state index is 0.0533. The molecule has 0 aliphatic carbocycles. The summed E-state index contributed by atoms with van der Waals surface area (Å²) in [5, 5.41) is 14.9. The second-order valence-corrected chi connectivity index (χ2v) is 10.5. The van der Waals surface area contributed by atoms with Crippen LogP contribution < -0.4 is 4.90 Å². The molecule has 0 radical (unpaired) electrons. The first-order valence-corrected chi connectivity index (χ1v) is 12.4. The van der Waals surface area contributed by atoms with Crippen LogP contribution in [0.15, 0.2) is 28.5 Å². The summed E-state index contributed by atoms with van der Waals surface area (Å²) in [6.07, 6.45) is 0. The van der Waals surface area contributed by atoms with Gasteiger partial charge in [-0.25, -0.2) is 13.4 Å². The van der Waals surface area contributed by atoms with Gasteiger partial charge in [0.05, 0.1) is 33.7 Å². The Bertz CT molecular complexity index is 1040. The van der Waals surface area contributed by atoms with E-state index in [1.165, 1.54) is 16.4 Å². The van der Waals surface area contributed by atoms with Crippen molar-refractivity contribution < 1.29 is 18.1 Å². The van der Waals surface area contributed by atoms with E-state index in [0.29, 0.717) is 32.0 Å². The number of nitro benzene ring substituents is 1. The Kier molecular flexibility index (Phi) is 6.53. The van der Waals surface area contributed by atoms with Crippen molar-refractivity contribution in [3.05, 3.63) is 44.4 Å². The van der Waals surface area contributed by atoms with E-state index in [2.05, 4.69) is 15.3 Å². The largest absolute Gasteiger partial charge is 0.379 e. The fraction of sp³-hybridized carbons (Fsp3) is 0.526. The third kappa shape index (κ3) is 4.88. The summed E-state index contributed by atoms with van der Waals surface area (Å²) in [5.41, 5.74) is 1.31. The van der Waals surface area contributed by atoms with Gasteiger partial charge in [-0.3, -0.25) is 15.0 Å². The minimum Gasteiger partial charge on any atom is -0.379 e. The van der Waals surface area contributed by atoms with E-state index in [9.17, 15) is 18.5 Å². The summed E-state index contributed by atoms with van der Waals surface area (Å²) in [4.78, 5) is 19.9. The maximum atomic E-state index is 12.9. The van der Waals surface area contributed by atoms with E-state index in [1.54, 1.807) is 17.4 Å². The zero-order valence-electron chi connectivity index (χ0n) is 17.3. The number of thiazole rings is 1. The molecule has 168 valence electrons. The Morgan fingerprint density at radius 2 is 1.87 bits per heavy atom. The number of rotatable bonds is 6. The normalized spacial score (nSPS) is 18.9. The van der Waals surface area contributed by atoms with Gasteiger partial charge in [0.25, 0.3) is 5.69 Å². The standard InChI is InChI=1S/C19H25N5O5S2/c1-15-20-16(14-30-15)13-21-4-6-22(7-5-21)18-3-2-17(12-19(18)24(25)26)31(27,28)23-8-10-29-11-9-23/h2-3,12,14H,4-11,13H2,1H3. The number of nitrogens with zero attached hydrogens (tertiary/aromatic N) is 5. The first-order chi connectivity index (χ1) is 14.8. The zero-order chi connectivity index (χ0) is 22.0. The van der Waals surface area contributed by atoms with Crippen LogP contribution in [0.3, 0.4) is 0 Å². The number of ether oxygens (including phenoxy) is 1. The van der Waals surface area contributed by atoms with Gasteiger partial charge < -0.3 is 9.64 Å². The SMILES string of the molecule is Cc1nc(CN2CCN(c3ccc(S(=O)(=O)N4CCOCC4)cc3[N+](=O)[O-])CC2)cs1. The highest BCUT2D eigenvalue weighted by Gasteiger charge is 2.30. The summed E-state index contributed by atoms with van der Waals surface area (Å²) >= 11 is 1.63. The Morgan fingerprint density at radius 3 is 2.48 bits per heavy atom. The van der Waals surface area contributed by atoms with Crippen molar-refractivity contribution in [1.82, 2.24) is 14.2 Å². The topological polar surface area (TPSA) is 109 Å². The average Bonchev–Trinajstić information content (AvgIpc) is 3.19. The quantitative estimate of drug-likeness (QED) is 0.467. The molecule has 2 saturated heterocycles. The highest BCUT2D eigenvalue weighted by molar-refractivity contribution is 7.89. The molecule has 1 aromatic carbocycles. The lowest BCUT2D eigenvalue weighted by Gasteiger charge is -2.35. The predicted molar refractivity (Wildman–Crippen MR) is 117 cm³/mol. The summed E-state index contributed by atoms with van der Waals surface area (Å²) < 4.78 is 32.3. The lowest BCUT2D eigenvalue weighted by molar-refractivity contribution is -0.384. The monoisotopic (exact) mass is 467 g/mol. The van der Waals surface area contributed by atoms with Crippen LogP contribution in [0.1, 0.15) is 10.7 Å². The molecule has 0 atom stereocenters. The molecule has 31 heavy (non-hydrogen) atoms. The van der Waals surface area contributed by atoms with Crippen LogP contribution in [0.25, 0.3) is 0 Å². The van der Waals surface area contributed by atoms with Crippen LogP contribution in [0.4, 0.5) is 11.4 Å². The number of hydrogen-bond acceptors (Lipinski definition) is 9. The molecule has 2 aliphatic rings. The first kappa shape index (κ1) is 22.1. The number of benzene rings is 1. The first-order valence-electron chi connectivity index (χ1n) is 10.1. The molecule has 0 spiro atoms. The molecule has 0 N–H and O–H groups in total. The Balaban J connectivity index is 1.49. The molecular formula is C19H25N5O5S2. The third-order valence-electron chi connectivity index (χ3n) is 5.52. The highest BCUT2D eigenvalue weighted by Crippen LogP contribution is 2.32. The highest BCUT2D eigenvalue weighted by atomic mass is 32.2. The van der Waals surface area contributed by atoms with Crippen LogP contribution in [0.5, 0.6) is 0 Å². The van der Waals surface area contributed by atoms with Crippen molar-refractivity contribution in [1.29, 1.82) is 0 Å². The van der Waals surface area contributed by atoms with Gasteiger partial charge in [-0.1, -0.05) is 0 Å². The van der Waals surface area contributed by atoms with E-state index in [4.69, 9.17) is 4.74 Å². The van der Waals surface area contributed by atoms with E-state index in [-0.39, 0.29) is 23.7 Å². The van der Waals surface area contributed by atoms with Crippen molar-refractivity contribution in [2.24, 2.45) is 0 Å². The second kappa shape index (κ2) is 9.17. The Hall–Kier alpha value is -2.12. The van der Waals surface area contributed by atoms with E-state index >= 15 is 0 Å². The van der Waals surface area contributed by atoms with E-state index in [0.717, 1.165) is 30.3 Å². The maximum absolute atomic E-state index is 12.9. The van der Waals surface area contributed by atoms with E-state index < -0.39 is 14.9 Å².